The standard InChI is InChI=1S/C14H19NO/c1-3-8-15-9-6-12-4-5-14(16-2)11-13(12)7-10-15/h4-5,7,10-11H,3,6,8-9H2,1-2H3. The Morgan fingerprint density at radius 2 is 2.25 bits per heavy atom. The van der Waals surface area contributed by atoms with Crippen LogP contribution in [0.5, 0.6) is 5.75 Å². The Labute approximate surface area is 97.5 Å². The summed E-state index contributed by atoms with van der Waals surface area (Å²) in [4.78, 5) is 2.38. The van der Waals surface area contributed by atoms with E-state index in [1.165, 1.54) is 17.5 Å². The van der Waals surface area contributed by atoms with Gasteiger partial charge >= 0.3 is 0 Å². The van der Waals surface area contributed by atoms with Crippen LogP contribution in [0.25, 0.3) is 6.08 Å². The van der Waals surface area contributed by atoms with Crippen molar-refractivity contribution >= 4 is 6.08 Å². The molecule has 0 aromatic heterocycles. The van der Waals surface area contributed by atoms with E-state index in [1.807, 2.05) is 6.07 Å². The Hall–Kier alpha value is -1.44. The summed E-state index contributed by atoms with van der Waals surface area (Å²) in [6.07, 6.45) is 6.71. The molecule has 0 radical (unpaired) electrons. The van der Waals surface area contributed by atoms with Crippen molar-refractivity contribution in [3.63, 3.8) is 0 Å². The van der Waals surface area contributed by atoms with Gasteiger partial charge in [0, 0.05) is 13.1 Å². The van der Waals surface area contributed by atoms with E-state index in [2.05, 4.69) is 36.2 Å². The normalized spacial score (nSPS) is 14.5. The molecule has 0 aliphatic carbocycles. The summed E-state index contributed by atoms with van der Waals surface area (Å²) in [7, 11) is 1.71. The molecule has 1 aromatic rings. The number of benzene rings is 1. The van der Waals surface area contributed by atoms with Gasteiger partial charge in [-0.25, -0.2) is 0 Å². The van der Waals surface area contributed by atoms with E-state index in [0.717, 1.165) is 25.3 Å². The van der Waals surface area contributed by atoms with Crippen LogP contribution < -0.4 is 4.74 Å². The first kappa shape index (κ1) is 11.1. The van der Waals surface area contributed by atoms with Crippen molar-refractivity contribution in [2.75, 3.05) is 20.2 Å². The summed E-state index contributed by atoms with van der Waals surface area (Å²) in [5.41, 5.74) is 2.70. The zero-order chi connectivity index (χ0) is 11.4. The van der Waals surface area contributed by atoms with Gasteiger partial charge in [0.15, 0.2) is 0 Å². The van der Waals surface area contributed by atoms with Crippen LogP contribution in [0, 0.1) is 0 Å². The molecule has 0 amide bonds. The second kappa shape index (κ2) is 5.06. The lowest BCUT2D eigenvalue weighted by Crippen LogP contribution is -2.19. The molecule has 1 aliphatic rings. The lowest BCUT2D eigenvalue weighted by Gasteiger charge is -2.17. The number of ether oxygens (including phenoxy) is 1. The third kappa shape index (κ3) is 2.38. The van der Waals surface area contributed by atoms with Gasteiger partial charge in [0.05, 0.1) is 7.11 Å². The van der Waals surface area contributed by atoms with Gasteiger partial charge in [-0.05, 0) is 48.4 Å². The number of hydrogen-bond donors (Lipinski definition) is 0. The fourth-order valence-electron chi connectivity index (χ4n) is 2.08. The van der Waals surface area contributed by atoms with Crippen molar-refractivity contribution in [2.24, 2.45) is 0 Å². The van der Waals surface area contributed by atoms with Crippen LogP contribution in [0.3, 0.4) is 0 Å². The molecule has 1 heterocycles. The molecule has 1 aromatic carbocycles. The minimum absolute atomic E-state index is 0.937. The second-order valence-corrected chi connectivity index (χ2v) is 4.17. The van der Waals surface area contributed by atoms with Gasteiger partial charge in [-0.2, -0.15) is 0 Å². The highest BCUT2D eigenvalue weighted by molar-refractivity contribution is 5.57. The molecular formula is C14H19NO. The third-order valence-electron chi connectivity index (χ3n) is 3.00. The molecule has 0 saturated heterocycles. The van der Waals surface area contributed by atoms with Crippen LogP contribution in [0.4, 0.5) is 0 Å². The Balaban J connectivity index is 2.21. The van der Waals surface area contributed by atoms with E-state index in [-0.39, 0.29) is 0 Å². The van der Waals surface area contributed by atoms with Crippen molar-refractivity contribution in [2.45, 2.75) is 19.8 Å². The first-order chi connectivity index (χ1) is 7.83. The molecule has 2 heteroatoms. The largest absolute Gasteiger partial charge is 0.497 e. The van der Waals surface area contributed by atoms with Crippen LogP contribution >= 0.6 is 0 Å². The summed E-state index contributed by atoms with van der Waals surface area (Å²) in [5.74, 6) is 0.937. The maximum Gasteiger partial charge on any atom is 0.119 e. The van der Waals surface area contributed by atoms with Crippen molar-refractivity contribution in [3.8, 4) is 5.75 Å². The summed E-state index contributed by atoms with van der Waals surface area (Å²) in [6.45, 7) is 4.47. The Bertz CT molecular complexity index is 384. The van der Waals surface area contributed by atoms with Gasteiger partial charge in [-0.3, -0.25) is 0 Å². The molecule has 86 valence electrons. The van der Waals surface area contributed by atoms with Crippen LogP contribution in [0.1, 0.15) is 24.5 Å². The molecule has 0 atom stereocenters. The van der Waals surface area contributed by atoms with Gasteiger partial charge in [-0.1, -0.05) is 13.0 Å². The molecule has 0 N–H and O–H groups in total. The SMILES string of the molecule is CCCN1C=Cc2cc(OC)ccc2CC1. The van der Waals surface area contributed by atoms with Gasteiger partial charge in [0.2, 0.25) is 0 Å². The Morgan fingerprint density at radius 3 is 3.00 bits per heavy atom. The molecule has 2 nitrogen and oxygen atoms in total. The third-order valence-corrected chi connectivity index (χ3v) is 3.00. The van der Waals surface area contributed by atoms with Gasteiger partial charge in [-0.15, -0.1) is 0 Å². The highest BCUT2D eigenvalue weighted by Crippen LogP contribution is 2.22. The minimum Gasteiger partial charge on any atom is -0.497 e. The first-order valence-corrected chi connectivity index (χ1v) is 5.92. The molecule has 0 spiro atoms. The van der Waals surface area contributed by atoms with E-state index >= 15 is 0 Å². The van der Waals surface area contributed by atoms with E-state index in [0.29, 0.717) is 0 Å². The van der Waals surface area contributed by atoms with Crippen LogP contribution in [0.15, 0.2) is 24.4 Å². The number of hydrogen-bond acceptors (Lipinski definition) is 2. The van der Waals surface area contributed by atoms with Crippen LogP contribution in [-0.4, -0.2) is 25.1 Å². The first-order valence-electron chi connectivity index (χ1n) is 5.92. The predicted molar refractivity (Wildman–Crippen MR) is 67.6 cm³/mol. The highest BCUT2D eigenvalue weighted by atomic mass is 16.5. The Kier molecular flexibility index (Phi) is 3.50. The van der Waals surface area contributed by atoms with Crippen molar-refractivity contribution in [3.05, 3.63) is 35.5 Å². The molecule has 0 unspecified atom stereocenters. The average molecular weight is 217 g/mol. The second-order valence-electron chi connectivity index (χ2n) is 4.17. The number of methoxy groups -OCH3 is 1. The molecule has 0 fully saturated rings. The smallest absolute Gasteiger partial charge is 0.119 e. The molecule has 16 heavy (non-hydrogen) atoms. The molecule has 1 aliphatic heterocycles. The summed E-state index contributed by atoms with van der Waals surface area (Å²) >= 11 is 0. The average Bonchev–Trinajstić information content (AvgIpc) is 2.52. The summed E-state index contributed by atoms with van der Waals surface area (Å²) < 4.78 is 5.25. The zero-order valence-corrected chi connectivity index (χ0v) is 10.1. The number of nitrogens with zero attached hydrogens (tertiary/aromatic N) is 1. The van der Waals surface area contributed by atoms with E-state index in [1.54, 1.807) is 7.11 Å². The molecule has 0 saturated carbocycles. The van der Waals surface area contributed by atoms with Crippen molar-refractivity contribution < 1.29 is 4.74 Å². The summed E-state index contributed by atoms with van der Waals surface area (Å²) in [6, 6.07) is 6.33. The van der Waals surface area contributed by atoms with Crippen molar-refractivity contribution in [1.82, 2.24) is 4.90 Å². The molecule has 2 rings (SSSR count). The van der Waals surface area contributed by atoms with Crippen molar-refractivity contribution in [1.29, 1.82) is 0 Å². The van der Waals surface area contributed by atoms with E-state index in [9.17, 15) is 0 Å². The quantitative estimate of drug-likeness (QED) is 0.772. The van der Waals surface area contributed by atoms with Gasteiger partial charge < -0.3 is 9.64 Å². The van der Waals surface area contributed by atoms with Crippen LogP contribution in [-0.2, 0) is 6.42 Å². The minimum atomic E-state index is 0.937. The van der Waals surface area contributed by atoms with Gasteiger partial charge in [0.25, 0.3) is 0 Å². The molecule has 0 bridgehead atoms. The maximum absolute atomic E-state index is 5.25. The monoisotopic (exact) mass is 217 g/mol. The maximum atomic E-state index is 5.25. The molecular weight excluding hydrogens is 198 g/mol. The Morgan fingerprint density at radius 1 is 1.38 bits per heavy atom. The predicted octanol–water partition coefficient (Wildman–Crippen LogP) is 2.93. The summed E-state index contributed by atoms with van der Waals surface area (Å²) in [5, 5.41) is 0. The van der Waals surface area contributed by atoms with E-state index in [4.69, 9.17) is 4.74 Å². The highest BCUT2D eigenvalue weighted by Gasteiger charge is 2.08. The topological polar surface area (TPSA) is 12.5 Å². The van der Waals surface area contributed by atoms with Crippen LogP contribution in [0.2, 0.25) is 0 Å². The van der Waals surface area contributed by atoms with E-state index < -0.39 is 0 Å². The van der Waals surface area contributed by atoms with Gasteiger partial charge in [0.1, 0.15) is 5.75 Å². The number of fused-ring (bicyclic) bond motifs is 1. The lowest BCUT2D eigenvalue weighted by molar-refractivity contribution is 0.384. The lowest BCUT2D eigenvalue weighted by atomic mass is 10.0. The fraction of sp³-hybridized carbons (Fsp3) is 0.429. The fourth-order valence-corrected chi connectivity index (χ4v) is 2.08. The number of rotatable bonds is 3. The zero-order valence-electron chi connectivity index (χ0n) is 10.1.